The summed E-state index contributed by atoms with van der Waals surface area (Å²) in [5.41, 5.74) is -0.509. The first kappa shape index (κ1) is 28.5. The molecule has 0 aliphatic carbocycles. The fraction of sp³-hybridized carbons (Fsp3) is 0.214. The lowest BCUT2D eigenvalue weighted by Gasteiger charge is -2.13. The second-order valence-corrected chi connectivity index (χ2v) is 9.13. The number of aromatic nitrogens is 5. The molecule has 0 unspecified atom stereocenters. The van der Waals surface area contributed by atoms with Crippen LogP contribution >= 0.6 is 0 Å². The molecule has 3 heterocycles. The second kappa shape index (κ2) is 11.9. The van der Waals surface area contributed by atoms with Crippen LogP contribution in [0.5, 0.6) is 17.5 Å². The highest BCUT2D eigenvalue weighted by Crippen LogP contribution is 2.30. The van der Waals surface area contributed by atoms with Crippen LogP contribution in [0.3, 0.4) is 0 Å². The van der Waals surface area contributed by atoms with E-state index in [1.807, 2.05) is 0 Å². The highest BCUT2D eigenvalue weighted by atomic mass is 19.4. The van der Waals surface area contributed by atoms with Gasteiger partial charge in [0.1, 0.15) is 17.3 Å². The third-order valence-electron chi connectivity index (χ3n) is 6.17. The van der Waals surface area contributed by atoms with Gasteiger partial charge in [0.25, 0.3) is 5.56 Å². The molecule has 42 heavy (non-hydrogen) atoms. The quantitative estimate of drug-likeness (QED) is 0.246. The molecule has 0 amide bonds. The number of hydrogen-bond acceptors (Lipinski definition) is 7. The van der Waals surface area contributed by atoms with Gasteiger partial charge in [0.15, 0.2) is 11.2 Å². The lowest BCUT2D eigenvalue weighted by molar-refractivity contribution is -0.274. The van der Waals surface area contributed by atoms with Gasteiger partial charge in [-0.15, -0.1) is 13.2 Å². The van der Waals surface area contributed by atoms with E-state index >= 15 is 0 Å². The summed E-state index contributed by atoms with van der Waals surface area (Å²) in [7, 11) is 0. The summed E-state index contributed by atoms with van der Waals surface area (Å²) >= 11 is 0. The van der Waals surface area contributed by atoms with Gasteiger partial charge in [-0.2, -0.15) is 4.98 Å². The van der Waals surface area contributed by atoms with Crippen molar-refractivity contribution < 1.29 is 32.1 Å². The predicted molar refractivity (Wildman–Crippen MR) is 142 cm³/mol. The van der Waals surface area contributed by atoms with Crippen LogP contribution in [-0.2, 0) is 19.6 Å². The number of aliphatic hydroxyl groups is 1. The molecular weight excluding hydrogens is 562 g/mol. The van der Waals surface area contributed by atoms with Crippen molar-refractivity contribution in [2.24, 2.45) is 0 Å². The number of pyridine rings is 1. The molecular formula is C28H23F4N5O5. The topological polar surface area (TPSA) is 113 Å². The molecule has 0 aliphatic heterocycles. The molecule has 0 radical (unpaired) electrons. The van der Waals surface area contributed by atoms with Crippen molar-refractivity contribution in [3.63, 3.8) is 0 Å². The molecule has 0 bridgehead atoms. The highest BCUT2D eigenvalue weighted by Gasteiger charge is 2.31. The minimum absolute atomic E-state index is 0.0505. The first-order valence-corrected chi connectivity index (χ1v) is 12.7. The number of aliphatic hydroxyl groups excluding tert-OH is 1. The van der Waals surface area contributed by atoms with Gasteiger partial charge in [-0.25, -0.2) is 9.18 Å². The normalized spacial score (nSPS) is 11.6. The van der Waals surface area contributed by atoms with Crippen LogP contribution in [0.15, 0.2) is 82.5 Å². The van der Waals surface area contributed by atoms with Crippen molar-refractivity contribution >= 4 is 11.2 Å². The number of halogens is 4. The molecule has 5 rings (SSSR count). The molecule has 10 nitrogen and oxygen atoms in total. The SMILES string of the molecule is O=c1c2c(nc(Oc3cccc(OC(F)(F)F)c3)n2Cc2ccc(F)cc2)n(Cc2ccccn2)c(=O)n1CCCO. The van der Waals surface area contributed by atoms with Gasteiger partial charge in [-0.1, -0.05) is 24.3 Å². The Bertz CT molecular complexity index is 1820. The van der Waals surface area contributed by atoms with Crippen LogP contribution < -0.4 is 20.7 Å². The monoisotopic (exact) mass is 585 g/mol. The van der Waals surface area contributed by atoms with Crippen LogP contribution in [-0.4, -0.2) is 41.7 Å². The molecule has 1 N–H and O–H groups in total. The van der Waals surface area contributed by atoms with Gasteiger partial charge < -0.3 is 14.6 Å². The lowest BCUT2D eigenvalue weighted by Crippen LogP contribution is -2.41. The van der Waals surface area contributed by atoms with Crippen molar-refractivity contribution in [1.29, 1.82) is 0 Å². The predicted octanol–water partition coefficient (Wildman–Crippen LogP) is 4.06. The molecule has 5 aromatic rings. The van der Waals surface area contributed by atoms with Crippen molar-refractivity contribution in [2.75, 3.05) is 6.61 Å². The summed E-state index contributed by atoms with van der Waals surface area (Å²) in [6.07, 6.45) is -3.28. The highest BCUT2D eigenvalue weighted by molar-refractivity contribution is 5.72. The molecule has 0 saturated carbocycles. The molecule has 0 atom stereocenters. The average molecular weight is 586 g/mol. The van der Waals surface area contributed by atoms with Gasteiger partial charge in [-0.3, -0.25) is 23.5 Å². The molecule has 14 heteroatoms. The molecule has 0 fully saturated rings. The first-order valence-electron chi connectivity index (χ1n) is 12.7. The number of ether oxygens (including phenoxy) is 2. The molecule has 2 aromatic carbocycles. The number of benzene rings is 2. The Balaban J connectivity index is 1.71. The molecule has 0 saturated heterocycles. The largest absolute Gasteiger partial charge is 0.573 e. The number of nitrogens with zero attached hydrogens (tertiary/aromatic N) is 5. The fourth-order valence-corrected chi connectivity index (χ4v) is 4.33. The summed E-state index contributed by atoms with van der Waals surface area (Å²) < 4.78 is 65.5. The van der Waals surface area contributed by atoms with E-state index in [4.69, 9.17) is 4.74 Å². The Morgan fingerprint density at radius 1 is 0.881 bits per heavy atom. The van der Waals surface area contributed by atoms with Crippen molar-refractivity contribution in [3.8, 4) is 17.5 Å². The van der Waals surface area contributed by atoms with Crippen molar-refractivity contribution in [2.45, 2.75) is 32.4 Å². The minimum Gasteiger partial charge on any atom is -0.425 e. The van der Waals surface area contributed by atoms with Crippen LogP contribution in [0, 0.1) is 5.82 Å². The number of hydrogen-bond donors (Lipinski definition) is 1. The molecule has 3 aromatic heterocycles. The summed E-state index contributed by atoms with van der Waals surface area (Å²) in [4.78, 5) is 36.0. The number of alkyl halides is 3. The zero-order valence-corrected chi connectivity index (χ0v) is 21.8. The van der Waals surface area contributed by atoms with Gasteiger partial charge >= 0.3 is 18.1 Å². The van der Waals surface area contributed by atoms with Crippen LogP contribution in [0.1, 0.15) is 17.7 Å². The van der Waals surface area contributed by atoms with E-state index in [0.29, 0.717) is 11.3 Å². The second-order valence-electron chi connectivity index (χ2n) is 9.13. The third kappa shape index (κ3) is 6.33. The summed E-state index contributed by atoms with van der Waals surface area (Å²) in [5.74, 6) is -1.12. The first-order chi connectivity index (χ1) is 20.1. The van der Waals surface area contributed by atoms with Crippen molar-refractivity contribution in [1.82, 2.24) is 23.7 Å². The maximum absolute atomic E-state index is 13.7. The van der Waals surface area contributed by atoms with E-state index in [1.54, 1.807) is 18.2 Å². The van der Waals surface area contributed by atoms with E-state index in [-0.39, 0.29) is 55.6 Å². The zero-order chi connectivity index (χ0) is 29.9. The lowest BCUT2D eigenvalue weighted by atomic mass is 10.2. The smallest absolute Gasteiger partial charge is 0.425 e. The van der Waals surface area contributed by atoms with E-state index in [0.717, 1.165) is 16.7 Å². The standard InChI is InChI=1S/C28H23F4N5O5/c29-19-10-8-18(9-11-19)16-36-23-24(34-26(36)41-21-6-3-7-22(15-21)42-28(30,31)32)37(17-20-5-1-2-12-33-20)27(40)35(25(23)39)13-4-14-38/h1-3,5-12,15,38H,4,13-14,16-17H2. The van der Waals surface area contributed by atoms with Crippen LogP contribution in [0.2, 0.25) is 0 Å². The summed E-state index contributed by atoms with van der Waals surface area (Å²) in [6, 6.07) is 15.0. The third-order valence-corrected chi connectivity index (χ3v) is 6.17. The van der Waals surface area contributed by atoms with E-state index in [2.05, 4.69) is 14.7 Å². The molecule has 218 valence electrons. The number of imidazole rings is 1. The van der Waals surface area contributed by atoms with Crippen molar-refractivity contribution in [3.05, 3.63) is 111 Å². The maximum atomic E-state index is 13.7. The average Bonchev–Trinajstić information content (AvgIpc) is 3.29. The van der Waals surface area contributed by atoms with Gasteiger partial charge in [0.2, 0.25) is 0 Å². The fourth-order valence-electron chi connectivity index (χ4n) is 4.33. The summed E-state index contributed by atoms with van der Waals surface area (Å²) in [5, 5.41) is 9.38. The number of fused-ring (bicyclic) bond motifs is 1. The van der Waals surface area contributed by atoms with Gasteiger partial charge in [-0.05, 0) is 48.4 Å². The van der Waals surface area contributed by atoms with Crippen LogP contribution in [0.4, 0.5) is 17.6 Å². The van der Waals surface area contributed by atoms with E-state index < -0.39 is 29.2 Å². The van der Waals surface area contributed by atoms with Crippen LogP contribution in [0.25, 0.3) is 11.2 Å². The Morgan fingerprint density at radius 3 is 2.33 bits per heavy atom. The molecule has 0 spiro atoms. The Morgan fingerprint density at radius 2 is 1.64 bits per heavy atom. The van der Waals surface area contributed by atoms with E-state index in [9.17, 15) is 32.3 Å². The maximum Gasteiger partial charge on any atom is 0.573 e. The Labute approximate surface area is 234 Å². The van der Waals surface area contributed by atoms with Gasteiger partial charge in [0.05, 0.1) is 18.8 Å². The number of rotatable bonds is 10. The van der Waals surface area contributed by atoms with E-state index in [1.165, 1.54) is 51.7 Å². The summed E-state index contributed by atoms with van der Waals surface area (Å²) in [6.45, 7) is -0.510. The molecule has 0 aliphatic rings. The van der Waals surface area contributed by atoms with Gasteiger partial charge in [0, 0.05) is 25.4 Å². The Hall–Kier alpha value is -4.98. The minimum atomic E-state index is -4.93. The Kier molecular flexibility index (Phi) is 8.06. The zero-order valence-electron chi connectivity index (χ0n) is 21.8.